The van der Waals surface area contributed by atoms with Crippen molar-refractivity contribution in [3.63, 3.8) is 0 Å². The van der Waals surface area contributed by atoms with Crippen LogP contribution < -0.4 is 10.1 Å². The molecule has 0 aliphatic heterocycles. The molecule has 0 aliphatic rings. The second-order valence-corrected chi connectivity index (χ2v) is 5.27. The molecule has 1 rings (SSSR count). The maximum atomic E-state index is 11.8. The minimum absolute atomic E-state index is 0.0413. The molecule has 1 unspecified atom stereocenters. The van der Waals surface area contributed by atoms with E-state index in [0.29, 0.717) is 16.5 Å². The summed E-state index contributed by atoms with van der Waals surface area (Å²) < 4.78 is 5.17. The van der Waals surface area contributed by atoms with Crippen LogP contribution in [-0.2, 0) is 4.79 Å². The van der Waals surface area contributed by atoms with Crippen LogP contribution in [0.2, 0.25) is 5.02 Å². The number of amides is 1. The van der Waals surface area contributed by atoms with Gasteiger partial charge in [0.2, 0.25) is 5.91 Å². The third-order valence-corrected chi connectivity index (χ3v) is 3.33. The monoisotopic (exact) mass is 285 g/mol. The Labute approximate surface area is 118 Å². The van der Waals surface area contributed by atoms with Crippen LogP contribution in [0, 0.1) is 12.8 Å². The minimum atomic E-state index is -0.653. The van der Waals surface area contributed by atoms with Crippen molar-refractivity contribution >= 4 is 23.2 Å². The van der Waals surface area contributed by atoms with Crippen LogP contribution in [0.3, 0.4) is 0 Å². The van der Waals surface area contributed by atoms with Crippen molar-refractivity contribution in [3.05, 3.63) is 22.7 Å². The van der Waals surface area contributed by atoms with E-state index in [1.807, 2.05) is 20.8 Å². The number of nitrogens with one attached hydrogen (secondary N) is 1. The zero-order valence-electron chi connectivity index (χ0n) is 11.7. The molecule has 1 amide bonds. The van der Waals surface area contributed by atoms with E-state index in [1.165, 1.54) is 7.11 Å². The van der Waals surface area contributed by atoms with Gasteiger partial charge in [-0.05, 0) is 24.5 Å². The summed E-state index contributed by atoms with van der Waals surface area (Å²) >= 11 is 5.99. The first kappa shape index (κ1) is 15.8. The summed E-state index contributed by atoms with van der Waals surface area (Å²) in [6.07, 6.45) is -0.595. The molecule has 1 atom stereocenters. The van der Waals surface area contributed by atoms with Crippen molar-refractivity contribution in [1.29, 1.82) is 0 Å². The molecule has 0 aromatic heterocycles. The van der Waals surface area contributed by atoms with Crippen LogP contribution in [0.15, 0.2) is 12.1 Å². The molecule has 0 spiro atoms. The fraction of sp³-hybridized carbons (Fsp3) is 0.500. The molecule has 1 aromatic rings. The molecule has 0 aliphatic carbocycles. The van der Waals surface area contributed by atoms with Gasteiger partial charge in [-0.15, -0.1) is 0 Å². The topological polar surface area (TPSA) is 58.6 Å². The number of hydrogen-bond donors (Lipinski definition) is 2. The van der Waals surface area contributed by atoms with E-state index in [0.717, 1.165) is 5.56 Å². The second kappa shape index (κ2) is 6.78. The third kappa shape index (κ3) is 4.40. The number of methoxy groups -OCH3 is 1. The maximum Gasteiger partial charge on any atom is 0.227 e. The van der Waals surface area contributed by atoms with Crippen LogP contribution in [0.4, 0.5) is 5.69 Å². The number of aliphatic hydroxyl groups excluding tert-OH is 1. The largest absolute Gasteiger partial charge is 0.495 e. The molecule has 106 valence electrons. The summed E-state index contributed by atoms with van der Waals surface area (Å²) in [4.78, 5) is 11.8. The van der Waals surface area contributed by atoms with Crippen molar-refractivity contribution in [2.24, 2.45) is 5.92 Å². The molecule has 0 radical (unpaired) electrons. The Morgan fingerprint density at radius 1 is 1.47 bits per heavy atom. The quantitative estimate of drug-likeness (QED) is 0.874. The lowest BCUT2D eigenvalue weighted by Crippen LogP contribution is -2.23. The van der Waals surface area contributed by atoms with Gasteiger partial charge in [0.1, 0.15) is 5.75 Å². The number of halogens is 1. The molecule has 5 heteroatoms. The van der Waals surface area contributed by atoms with E-state index in [2.05, 4.69) is 5.32 Å². The van der Waals surface area contributed by atoms with Gasteiger partial charge in [0.15, 0.2) is 0 Å². The molecule has 0 fully saturated rings. The van der Waals surface area contributed by atoms with Crippen molar-refractivity contribution in [3.8, 4) is 5.75 Å². The third-order valence-electron chi connectivity index (χ3n) is 2.92. The highest BCUT2D eigenvalue weighted by Crippen LogP contribution is 2.31. The van der Waals surface area contributed by atoms with Gasteiger partial charge in [-0.3, -0.25) is 4.79 Å². The highest BCUT2D eigenvalue weighted by Gasteiger charge is 2.16. The lowest BCUT2D eigenvalue weighted by molar-refractivity contribution is -0.118. The molecule has 0 saturated heterocycles. The first-order chi connectivity index (χ1) is 8.85. The predicted molar refractivity (Wildman–Crippen MR) is 76.8 cm³/mol. The molecule has 0 heterocycles. The number of carbonyl (C=O) groups excluding carboxylic acids is 1. The zero-order chi connectivity index (χ0) is 14.6. The maximum absolute atomic E-state index is 11.8. The Kier molecular flexibility index (Phi) is 5.63. The molecular weight excluding hydrogens is 266 g/mol. The Morgan fingerprint density at radius 2 is 2.11 bits per heavy atom. The number of aryl methyl sites for hydroxylation is 1. The van der Waals surface area contributed by atoms with E-state index < -0.39 is 6.10 Å². The first-order valence-electron chi connectivity index (χ1n) is 6.17. The summed E-state index contributed by atoms with van der Waals surface area (Å²) in [5.74, 6) is 0.295. The highest BCUT2D eigenvalue weighted by atomic mass is 35.5. The summed E-state index contributed by atoms with van der Waals surface area (Å²) in [5.41, 5.74) is 1.41. The molecular formula is C14H20ClNO3. The lowest BCUT2D eigenvalue weighted by atomic mass is 10.0. The SMILES string of the molecule is COc1cc(Cl)c(C)cc1NC(=O)CC(O)C(C)C. The molecule has 0 bridgehead atoms. The van der Waals surface area contributed by atoms with Crippen LogP contribution in [0.25, 0.3) is 0 Å². The Hall–Kier alpha value is -1.26. The van der Waals surface area contributed by atoms with Crippen LogP contribution >= 0.6 is 11.6 Å². The molecule has 4 nitrogen and oxygen atoms in total. The molecule has 2 N–H and O–H groups in total. The number of hydrogen-bond acceptors (Lipinski definition) is 3. The van der Waals surface area contributed by atoms with E-state index in [1.54, 1.807) is 12.1 Å². The van der Waals surface area contributed by atoms with Gasteiger partial charge in [0.25, 0.3) is 0 Å². The number of anilines is 1. The van der Waals surface area contributed by atoms with E-state index in [9.17, 15) is 9.90 Å². The van der Waals surface area contributed by atoms with E-state index in [-0.39, 0.29) is 18.2 Å². The number of ether oxygens (including phenoxy) is 1. The standard InChI is InChI=1S/C14H20ClNO3/c1-8(2)12(17)7-14(18)16-11-5-9(3)10(15)6-13(11)19-4/h5-6,8,12,17H,7H2,1-4H3,(H,16,18). The summed E-state index contributed by atoms with van der Waals surface area (Å²) in [6.45, 7) is 5.58. The van der Waals surface area contributed by atoms with Crippen molar-refractivity contribution in [2.45, 2.75) is 33.3 Å². The zero-order valence-corrected chi connectivity index (χ0v) is 12.4. The normalized spacial score (nSPS) is 12.4. The molecule has 19 heavy (non-hydrogen) atoms. The smallest absolute Gasteiger partial charge is 0.227 e. The summed E-state index contributed by atoms with van der Waals surface area (Å²) in [6, 6.07) is 3.41. The van der Waals surface area contributed by atoms with Crippen molar-refractivity contribution in [2.75, 3.05) is 12.4 Å². The van der Waals surface area contributed by atoms with Crippen LogP contribution in [-0.4, -0.2) is 24.2 Å². The first-order valence-corrected chi connectivity index (χ1v) is 6.55. The van der Waals surface area contributed by atoms with Gasteiger partial charge in [-0.2, -0.15) is 0 Å². The van der Waals surface area contributed by atoms with Crippen molar-refractivity contribution < 1.29 is 14.6 Å². The van der Waals surface area contributed by atoms with Gasteiger partial charge in [-0.25, -0.2) is 0 Å². The van der Waals surface area contributed by atoms with Crippen molar-refractivity contribution in [1.82, 2.24) is 0 Å². The fourth-order valence-corrected chi connectivity index (χ4v) is 1.71. The molecule has 0 saturated carbocycles. The summed E-state index contributed by atoms with van der Waals surface area (Å²) in [7, 11) is 1.51. The minimum Gasteiger partial charge on any atom is -0.495 e. The Morgan fingerprint density at radius 3 is 2.63 bits per heavy atom. The number of carbonyl (C=O) groups is 1. The lowest BCUT2D eigenvalue weighted by Gasteiger charge is -2.16. The van der Waals surface area contributed by atoms with Crippen LogP contribution in [0.5, 0.6) is 5.75 Å². The van der Waals surface area contributed by atoms with Gasteiger partial charge < -0.3 is 15.2 Å². The van der Waals surface area contributed by atoms with Gasteiger partial charge >= 0.3 is 0 Å². The average molecular weight is 286 g/mol. The Bertz CT molecular complexity index is 460. The average Bonchev–Trinajstić information content (AvgIpc) is 2.33. The Balaban J connectivity index is 2.81. The van der Waals surface area contributed by atoms with Gasteiger partial charge in [-0.1, -0.05) is 25.4 Å². The van der Waals surface area contributed by atoms with Gasteiger partial charge in [0.05, 0.1) is 25.3 Å². The predicted octanol–water partition coefficient (Wildman–Crippen LogP) is 3.00. The fourth-order valence-electron chi connectivity index (χ4n) is 1.56. The van der Waals surface area contributed by atoms with E-state index in [4.69, 9.17) is 16.3 Å². The van der Waals surface area contributed by atoms with E-state index >= 15 is 0 Å². The molecule has 1 aromatic carbocycles. The number of aliphatic hydroxyl groups is 1. The number of rotatable bonds is 5. The second-order valence-electron chi connectivity index (χ2n) is 4.87. The highest BCUT2D eigenvalue weighted by molar-refractivity contribution is 6.31. The van der Waals surface area contributed by atoms with Gasteiger partial charge in [0, 0.05) is 11.1 Å². The summed E-state index contributed by atoms with van der Waals surface area (Å²) in [5, 5.41) is 13.0. The number of benzene rings is 1. The van der Waals surface area contributed by atoms with Crippen LogP contribution in [0.1, 0.15) is 25.8 Å².